The Labute approximate surface area is 262 Å². The maximum absolute atomic E-state index is 13.8. The Kier molecular flexibility index (Phi) is 11.1. The first-order valence-electron chi connectivity index (χ1n) is 14.8. The van der Waals surface area contributed by atoms with E-state index in [1.165, 1.54) is 6.07 Å². The summed E-state index contributed by atoms with van der Waals surface area (Å²) in [6, 6.07) is 16.4. The van der Waals surface area contributed by atoms with E-state index >= 15 is 0 Å². The Bertz CT molecular complexity index is 1490. The summed E-state index contributed by atoms with van der Waals surface area (Å²) in [6.45, 7) is 10.2. The van der Waals surface area contributed by atoms with Crippen LogP contribution >= 0.6 is 0 Å². The van der Waals surface area contributed by atoms with Crippen LogP contribution in [0.4, 0.5) is 35.4 Å². The second kappa shape index (κ2) is 15.0. The first kappa shape index (κ1) is 33.3. The summed E-state index contributed by atoms with van der Waals surface area (Å²) in [5.41, 5.74) is 1.42. The number of likely N-dealkylation sites (N-methyl/N-ethyl adjacent to an activating group) is 1. The van der Waals surface area contributed by atoms with Crippen molar-refractivity contribution in [2.75, 3.05) is 62.3 Å². The van der Waals surface area contributed by atoms with Gasteiger partial charge in [0.05, 0.1) is 11.4 Å². The van der Waals surface area contributed by atoms with E-state index < -0.39 is 29.4 Å². The maximum Gasteiger partial charge on any atom is 0.412 e. The Balaban J connectivity index is 1.42. The molecule has 45 heavy (non-hydrogen) atoms. The molecule has 12 heteroatoms. The lowest BCUT2D eigenvalue weighted by Crippen LogP contribution is -2.48. The molecule has 1 saturated heterocycles. The number of anilines is 3. The van der Waals surface area contributed by atoms with Crippen molar-refractivity contribution < 1.29 is 27.9 Å². The van der Waals surface area contributed by atoms with E-state index in [4.69, 9.17) is 4.74 Å². The molecule has 10 nitrogen and oxygen atoms in total. The first-order chi connectivity index (χ1) is 21.4. The number of nitrogens with zero attached hydrogens (tertiary/aromatic N) is 3. The average Bonchev–Trinajstić information content (AvgIpc) is 2.98. The zero-order chi connectivity index (χ0) is 32.6. The molecule has 240 valence electrons. The van der Waals surface area contributed by atoms with Gasteiger partial charge in [0.15, 0.2) is 11.6 Å². The van der Waals surface area contributed by atoms with Gasteiger partial charge >= 0.3 is 12.1 Å². The Morgan fingerprint density at radius 3 is 2.11 bits per heavy atom. The number of ether oxygens (including phenoxy) is 1. The van der Waals surface area contributed by atoms with E-state index in [9.17, 15) is 23.2 Å². The summed E-state index contributed by atoms with van der Waals surface area (Å²) in [5, 5.41) is 8.14. The number of carbonyl (C=O) groups excluding carboxylic acids is 3. The smallest absolute Gasteiger partial charge is 0.412 e. The number of rotatable bonds is 9. The lowest BCUT2D eigenvalue weighted by Gasteiger charge is -2.34. The van der Waals surface area contributed by atoms with E-state index in [-0.39, 0.29) is 18.1 Å². The predicted octanol–water partition coefficient (Wildman–Crippen LogP) is 5.85. The number of para-hydroxylation sites is 2. The highest BCUT2D eigenvalue weighted by molar-refractivity contribution is 6.06. The zero-order valence-electron chi connectivity index (χ0n) is 26.0. The van der Waals surface area contributed by atoms with Gasteiger partial charge in [0.25, 0.3) is 5.91 Å². The van der Waals surface area contributed by atoms with Gasteiger partial charge in [-0.1, -0.05) is 24.3 Å². The van der Waals surface area contributed by atoms with Crippen LogP contribution in [0, 0.1) is 11.6 Å². The molecule has 1 aliphatic heterocycles. The van der Waals surface area contributed by atoms with Crippen molar-refractivity contribution in [1.29, 1.82) is 0 Å². The number of benzene rings is 3. The molecule has 0 atom stereocenters. The van der Waals surface area contributed by atoms with Gasteiger partial charge in [-0.15, -0.1) is 0 Å². The molecule has 0 bridgehead atoms. The molecule has 0 aliphatic carbocycles. The monoisotopic (exact) mass is 622 g/mol. The summed E-state index contributed by atoms with van der Waals surface area (Å²) in [4.78, 5) is 44.8. The molecule has 0 radical (unpaired) electrons. The number of hydrogen-bond donors (Lipinski definition) is 3. The molecule has 0 aromatic heterocycles. The van der Waals surface area contributed by atoms with Crippen LogP contribution < -0.4 is 16.0 Å². The van der Waals surface area contributed by atoms with Gasteiger partial charge in [-0.3, -0.25) is 15.0 Å². The SMILES string of the molecule is CN1CCN(CCN(Cc2ccc(C(=O)Nc3ccccc3NC(=O)OC(C)(C)C)cc2)C(=O)Nc2ccc(F)c(F)c2)CC1. The molecule has 3 N–H and O–H groups in total. The van der Waals surface area contributed by atoms with Crippen LogP contribution in [0.2, 0.25) is 0 Å². The highest BCUT2D eigenvalue weighted by atomic mass is 19.2. The van der Waals surface area contributed by atoms with Gasteiger partial charge in [0.1, 0.15) is 5.60 Å². The second-order valence-electron chi connectivity index (χ2n) is 11.9. The normalized spacial score (nSPS) is 14.0. The number of hydrogen-bond acceptors (Lipinski definition) is 6. The number of amides is 4. The van der Waals surface area contributed by atoms with Crippen molar-refractivity contribution in [3.8, 4) is 0 Å². The van der Waals surface area contributed by atoms with Crippen molar-refractivity contribution in [3.63, 3.8) is 0 Å². The van der Waals surface area contributed by atoms with E-state index in [1.807, 2.05) is 0 Å². The van der Waals surface area contributed by atoms with Gasteiger partial charge in [-0.2, -0.15) is 0 Å². The zero-order valence-corrected chi connectivity index (χ0v) is 26.0. The fourth-order valence-corrected chi connectivity index (χ4v) is 4.65. The van der Waals surface area contributed by atoms with Crippen molar-refractivity contribution in [2.24, 2.45) is 0 Å². The summed E-state index contributed by atoms with van der Waals surface area (Å²) in [5.74, 6) is -2.43. The molecule has 4 rings (SSSR count). The van der Waals surface area contributed by atoms with Crippen LogP contribution in [0.25, 0.3) is 0 Å². The molecule has 0 unspecified atom stereocenters. The topological polar surface area (TPSA) is 106 Å². The third-order valence-electron chi connectivity index (χ3n) is 7.14. The van der Waals surface area contributed by atoms with E-state index in [0.29, 0.717) is 30.0 Å². The molecular formula is C33H40F2N6O4. The average molecular weight is 623 g/mol. The number of urea groups is 1. The van der Waals surface area contributed by atoms with Crippen LogP contribution in [-0.4, -0.2) is 84.6 Å². The van der Waals surface area contributed by atoms with Crippen molar-refractivity contribution in [3.05, 3.63) is 89.5 Å². The first-order valence-corrected chi connectivity index (χ1v) is 14.8. The van der Waals surface area contributed by atoms with Crippen molar-refractivity contribution in [1.82, 2.24) is 14.7 Å². The molecule has 0 saturated carbocycles. The van der Waals surface area contributed by atoms with Gasteiger partial charge in [0, 0.05) is 63.1 Å². The predicted molar refractivity (Wildman–Crippen MR) is 170 cm³/mol. The molecule has 1 heterocycles. The third kappa shape index (κ3) is 10.3. The van der Waals surface area contributed by atoms with Crippen LogP contribution in [0.15, 0.2) is 66.7 Å². The fourth-order valence-electron chi connectivity index (χ4n) is 4.65. The lowest BCUT2D eigenvalue weighted by atomic mass is 10.1. The lowest BCUT2D eigenvalue weighted by molar-refractivity contribution is 0.0635. The van der Waals surface area contributed by atoms with Crippen LogP contribution in [0.1, 0.15) is 36.7 Å². The molecule has 1 aliphatic rings. The van der Waals surface area contributed by atoms with E-state index in [0.717, 1.165) is 43.9 Å². The van der Waals surface area contributed by atoms with Crippen molar-refractivity contribution >= 4 is 35.1 Å². The second-order valence-corrected chi connectivity index (χ2v) is 11.9. The van der Waals surface area contributed by atoms with Gasteiger partial charge in [-0.25, -0.2) is 18.4 Å². The van der Waals surface area contributed by atoms with Gasteiger partial charge in [-0.05, 0) is 69.8 Å². The van der Waals surface area contributed by atoms with Crippen LogP contribution in [0.5, 0.6) is 0 Å². The molecule has 3 aromatic carbocycles. The number of nitrogens with one attached hydrogen (secondary N) is 3. The Morgan fingerprint density at radius 2 is 1.49 bits per heavy atom. The minimum Gasteiger partial charge on any atom is -0.444 e. The fraction of sp³-hybridized carbons (Fsp3) is 0.364. The summed E-state index contributed by atoms with van der Waals surface area (Å²) >= 11 is 0. The molecule has 3 aromatic rings. The van der Waals surface area contributed by atoms with E-state index in [1.54, 1.807) is 74.2 Å². The van der Waals surface area contributed by atoms with Gasteiger partial charge in [0.2, 0.25) is 0 Å². The van der Waals surface area contributed by atoms with Crippen molar-refractivity contribution in [2.45, 2.75) is 32.9 Å². The summed E-state index contributed by atoms with van der Waals surface area (Å²) < 4.78 is 32.5. The minimum absolute atomic E-state index is 0.150. The minimum atomic E-state index is -1.05. The summed E-state index contributed by atoms with van der Waals surface area (Å²) in [6.07, 6.45) is -0.640. The molecular weight excluding hydrogens is 582 g/mol. The standard InChI is InChI=1S/C33H40F2N6O4/c1-33(2,3)45-32(44)38-29-8-6-5-7-28(29)37-30(42)24-11-9-23(10-12-24)22-41(20-19-40-17-15-39(4)16-18-40)31(43)36-25-13-14-26(34)27(35)21-25/h5-14,21H,15-20,22H2,1-4H3,(H,36,43)(H,37,42)(H,38,44). The quantitative estimate of drug-likeness (QED) is 0.277. The Hall–Kier alpha value is -4.55. The molecule has 0 spiro atoms. The van der Waals surface area contributed by atoms with Gasteiger partial charge < -0.3 is 25.2 Å². The highest BCUT2D eigenvalue weighted by Crippen LogP contribution is 2.23. The molecule has 1 fully saturated rings. The number of piperazine rings is 1. The third-order valence-corrected chi connectivity index (χ3v) is 7.14. The number of carbonyl (C=O) groups is 3. The van der Waals surface area contributed by atoms with E-state index in [2.05, 4.69) is 32.8 Å². The van der Waals surface area contributed by atoms with Crippen LogP contribution in [-0.2, 0) is 11.3 Å². The number of halogens is 2. The largest absolute Gasteiger partial charge is 0.444 e. The highest BCUT2D eigenvalue weighted by Gasteiger charge is 2.20. The van der Waals surface area contributed by atoms with Crippen LogP contribution in [0.3, 0.4) is 0 Å². The summed E-state index contributed by atoms with van der Waals surface area (Å²) in [7, 11) is 2.07. The maximum atomic E-state index is 13.8. The Morgan fingerprint density at radius 1 is 0.844 bits per heavy atom. The molecule has 4 amide bonds.